The average molecular weight is 456 g/mol. The molecule has 5 rings (SSSR count). The lowest BCUT2D eigenvalue weighted by molar-refractivity contribution is 0.402. The molecule has 2 aromatic carbocycles. The summed E-state index contributed by atoms with van der Waals surface area (Å²) < 4.78 is 27.2. The van der Waals surface area contributed by atoms with E-state index in [0.29, 0.717) is 34.4 Å². The first-order valence-corrected chi connectivity index (χ1v) is 10.5. The second kappa shape index (κ2) is 9.14. The van der Waals surface area contributed by atoms with Gasteiger partial charge in [0, 0.05) is 23.5 Å². The van der Waals surface area contributed by atoms with Gasteiger partial charge >= 0.3 is 0 Å². The summed E-state index contributed by atoms with van der Waals surface area (Å²) in [6, 6.07) is 16.1. The molecular weight excluding hydrogens is 435 g/mol. The fraction of sp³-hybridized carbons (Fsp3) is 0.120. The van der Waals surface area contributed by atoms with E-state index in [0.717, 1.165) is 16.6 Å². The molecule has 0 amide bonds. The smallest absolute Gasteiger partial charge is 0.183 e. The maximum atomic E-state index is 14.6. The third-order valence-corrected chi connectivity index (χ3v) is 5.39. The van der Waals surface area contributed by atoms with Gasteiger partial charge in [-0.25, -0.2) is 14.4 Å². The summed E-state index contributed by atoms with van der Waals surface area (Å²) in [7, 11) is 3.08. The lowest BCUT2D eigenvalue weighted by atomic mass is 10.1. The van der Waals surface area contributed by atoms with E-state index in [1.54, 1.807) is 42.5 Å². The van der Waals surface area contributed by atoms with E-state index in [1.165, 1.54) is 13.2 Å². The van der Waals surface area contributed by atoms with Crippen LogP contribution in [0.1, 0.15) is 5.56 Å². The lowest BCUT2D eigenvalue weighted by Gasteiger charge is -2.11. The van der Waals surface area contributed by atoms with Crippen molar-refractivity contribution >= 4 is 22.4 Å². The number of para-hydroxylation sites is 1. The molecule has 1 N–H and O–H groups in total. The average Bonchev–Trinajstić information content (AvgIpc) is 3.24. The van der Waals surface area contributed by atoms with Crippen molar-refractivity contribution in [2.75, 3.05) is 19.5 Å². The Kier molecular flexibility index (Phi) is 5.73. The van der Waals surface area contributed by atoms with Crippen molar-refractivity contribution in [3.05, 3.63) is 84.6 Å². The maximum absolute atomic E-state index is 14.6. The first-order chi connectivity index (χ1) is 16.7. The Balaban J connectivity index is 1.60. The summed E-state index contributed by atoms with van der Waals surface area (Å²) in [5.41, 5.74) is 2.62. The largest absolute Gasteiger partial charge is 0.496 e. The normalized spacial score (nSPS) is 10.9. The van der Waals surface area contributed by atoms with E-state index >= 15 is 0 Å². The number of aromatic nitrogens is 5. The zero-order valence-electron chi connectivity index (χ0n) is 18.6. The number of nitrogens with one attached hydrogen (secondary N) is 1. The van der Waals surface area contributed by atoms with Crippen LogP contribution in [0.3, 0.4) is 0 Å². The Morgan fingerprint density at radius 1 is 0.941 bits per heavy atom. The van der Waals surface area contributed by atoms with Gasteiger partial charge < -0.3 is 14.8 Å². The monoisotopic (exact) mass is 456 g/mol. The molecule has 0 aliphatic carbocycles. The Labute approximate surface area is 195 Å². The van der Waals surface area contributed by atoms with E-state index < -0.39 is 0 Å². The van der Waals surface area contributed by atoms with Gasteiger partial charge in [-0.15, -0.1) is 0 Å². The number of methoxy groups -OCH3 is 2. The molecule has 0 bridgehead atoms. The molecule has 0 unspecified atom stereocenters. The van der Waals surface area contributed by atoms with E-state index in [9.17, 15) is 4.39 Å². The summed E-state index contributed by atoms with van der Waals surface area (Å²) >= 11 is 0. The molecule has 0 aliphatic rings. The summed E-state index contributed by atoms with van der Waals surface area (Å²) in [6.07, 6.45) is 4.96. The van der Waals surface area contributed by atoms with Crippen LogP contribution in [0.2, 0.25) is 0 Å². The van der Waals surface area contributed by atoms with Crippen molar-refractivity contribution in [3.63, 3.8) is 0 Å². The van der Waals surface area contributed by atoms with Crippen LogP contribution in [0.4, 0.5) is 15.9 Å². The zero-order chi connectivity index (χ0) is 23.5. The quantitative estimate of drug-likeness (QED) is 0.375. The second-order valence-electron chi connectivity index (χ2n) is 7.42. The van der Waals surface area contributed by atoms with Gasteiger partial charge in [-0.2, -0.15) is 5.10 Å². The minimum atomic E-state index is -0.356. The Morgan fingerprint density at radius 3 is 2.53 bits per heavy atom. The molecule has 0 aliphatic heterocycles. The number of anilines is 2. The van der Waals surface area contributed by atoms with Crippen molar-refractivity contribution in [2.24, 2.45) is 0 Å². The lowest BCUT2D eigenvalue weighted by Crippen LogP contribution is -2.06. The number of fused-ring (bicyclic) bond motifs is 1. The standard InChI is InChI=1S/C25H21FN6O2/c1-33-21-9-5-7-19(26)18(21)15-32-20-8-4-3-6-17(20)23(31-32)25-28-14-22(34-2)24(30-25)29-16-10-12-27-13-11-16/h3-14H,15H2,1-2H3,(H,27,28,29,30). The first-order valence-electron chi connectivity index (χ1n) is 10.5. The molecule has 8 nitrogen and oxygen atoms in total. The molecule has 9 heteroatoms. The van der Waals surface area contributed by atoms with Crippen molar-refractivity contribution in [1.29, 1.82) is 0 Å². The van der Waals surface area contributed by atoms with Gasteiger partial charge in [0.05, 0.1) is 38.0 Å². The number of hydrogen-bond acceptors (Lipinski definition) is 7. The van der Waals surface area contributed by atoms with E-state index in [4.69, 9.17) is 14.6 Å². The Bertz CT molecular complexity index is 1460. The second-order valence-corrected chi connectivity index (χ2v) is 7.42. The third-order valence-electron chi connectivity index (χ3n) is 5.39. The summed E-state index contributed by atoms with van der Waals surface area (Å²) in [6.45, 7) is 0.189. The summed E-state index contributed by atoms with van der Waals surface area (Å²) in [4.78, 5) is 13.2. The minimum absolute atomic E-state index is 0.189. The highest BCUT2D eigenvalue weighted by atomic mass is 19.1. The van der Waals surface area contributed by atoms with E-state index in [1.807, 2.05) is 36.4 Å². The molecule has 5 aromatic rings. The number of rotatable bonds is 7. The highest BCUT2D eigenvalue weighted by molar-refractivity contribution is 5.92. The number of pyridine rings is 1. The van der Waals surface area contributed by atoms with Gasteiger partial charge in [0.2, 0.25) is 0 Å². The van der Waals surface area contributed by atoms with Crippen molar-refractivity contribution in [1.82, 2.24) is 24.7 Å². The first kappa shape index (κ1) is 21.3. The molecule has 0 radical (unpaired) electrons. The van der Waals surface area contributed by atoms with Crippen LogP contribution >= 0.6 is 0 Å². The van der Waals surface area contributed by atoms with Crippen LogP contribution in [0.25, 0.3) is 22.4 Å². The Morgan fingerprint density at radius 2 is 1.74 bits per heavy atom. The zero-order valence-corrected chi connectivity index (χ0v) is 18.6. The van der Waals surface area contributed by atoms with Gasteiger partial charge in [-0.05, 0) is 30.3 Å². The molecule has 3 heterocycles. The summed E-state index contributed by atoms with van der Waals surface area (Å²) in [5, 5.41) is 8.85. The van der Waals surface area contributed by atoms with Crippen LogP contribution < -0.4 is 14.8 Å². The fourth-order valence-corrected chi connectivity index (χ4v) is 3.74. The van der Waals surface area contributed by atoms with Crippen LogP contribution in [0, 0.1) is 5.82 Å². The van der Waals surface area contributed by atoms with Gasteiger partial charge in [0.15, 0.2) is 17.4 Å². The van der Waals surface area contributed by atoms with E-state index in [2.05, 4.69) is 20.3 Å². The maximum Gasteiger partial charge on any atom is 0.183 e. The topological polar surface area (TPSA) is 87.0 Å². The Hall–Kier alpha value is -4.53. The molecule has 170 valence electrons. The SMILES string of the molecule is COc1cnc(-c2nn(Cc3c(F)cccc3OC)c3ccccc23)nc1Nc1ccncc1. The molecule has 34 heavy (non-hydrogen) atoms. The molecule has 3 aromatic heterocycles. The molecule has 0 saturated carbocycles. The molecule has 0 spiro atoms. The van der Waals surface area contributed by atoms with Crippen molar-refractivity contribution in [3.8, 4) is 23.0 Å². The van der Waals surface area contributed by atoms with Gasteiger partial charge in [-0.3, -0.25) is 9.67 Å². The van der Waals surface area contributed by atoms with Crippen molar-refractivity contribution < 1.29 is 13.9 Å². The minimum Gasteiger partial charge on any atom is -0.496 e. The van der Waals surface area contributed by atoms with Gasteiger partial charge in [-0.1, -0.05) is 24.3 Å². The predicted octanol–water partition coefficient (Wildman–Crippen LogP) is 4.84. The van der Waals surface area contributed by atoms with Crippen LogP contribution in [-0.2, 0) is 6.54 Å². The van der Waals surface area contributed by atoms with Crippen LogP contribution in [-0.4, -0.2) is 39.0 Å². The fourth-order valence-electron chi connectivity index (χ4n) is 3.74. The van der Waals surface area contributed by atoms with Crippen LogP contribution in [0.15, 0.2) is 73.2 Å². The molecule has 0 fully saturated rings. The highest BCUT2D eigenvalue weighted by Gasteiger charge is 2.19. The third kappa shape index (κ3) is 3.99. The van der Waals surface area contributed by atoms with Gasteiger partial charge in [0.25, 0.3) is 0 Å². The number of nitrogens with zero attached hydrogens (tertiary/aromatic N) is 5. The predicted molar refractivity (Wildman–Crippen MR) is 127 cm³/mol. The number of ether oxygens (including phenoxy) is 2. The number of hydrogen-bond donors (Lipinski definition) is 1. The van der Waals surface area contributed by atoms with E-state index in [-0.39, 0.29) is 12.4 Å². The number of benzene rings is 2. The highest BCUT2D eigenvalue weighted by Crippen LogP contribution is 2.32. The van der Waals surface area contributed by atoms with Crippen molar-refractivity contribution in [2.45, 2.75) is 6.54 Å². The number of halogens is 1. The molecule has 0 saturated heterocycles. The molecule has 0 atom stereocenters. The summed E-state index contributed by atoms with van der Waals surface area (Å²) in [5.74, 6) is 1.50. The van der Waals surface area contributed by atoms with Gasteiger partial charge in [0.1, 0.15) is 17.3 Å². The molecular formula is C25H21FN6O2. The van der Waals surface area contributed by atoms with Crippen LogP contribution in [0.5, 0.6) is 11.5 Å².